The first-order valence-corrected chi connectivity index (χ1v) is 9.29. The number of aromatic nitrogens is 3. The first-order valence-electron chi connectivity index (χ1n) is 9.29. The number of fused-ring (bicyclic) bond motifs is 3. The van der Waals surface area contributed by atoms with Crippen molar-refractivity contribution in [1.29, 1.82) is 0 Å². The average Bonchev–Trinajstić information content (AvgIpc) is 3.35. The van der Waals surface area contributed by atoms with Crippen LogP contribution in [0.3, 0.4) is 0 Å². The van der Waals surface area contributed by atoms with Crippen LogP contribution < -0.4 is 4.74 Å². The van der Waals surface area contributed by atoms with Crippen LogP contribution >= 0.6 is 0 Å². The van der Waals surface area contributed by atoms with Crippen molar-refractivity contribution in [2.75, 3.05) is 13.7 Å². The highest BCUT2D eigenvalue weighted by Gasteiger charge is 2.32. The Hall–Kier alpha value is -3.05. The van der Waals surface area contributed by atoms with E-state index in [9.17, 15) is 0 Å². The Bertz CT molecular complexity index is 1070. The summed E-state index contributed by atoms with van der Waals surface area (Å²) in [5, 5.41) is 8.55. The third kappa shape index (κ3) is 2.80. The molecule has 0 bridgehead atoms. The summed E-state index contributed by atoms with van der Waals surface area (Å²) in [4.78, 5) is 6.20. The lowest BCUT2D eigenvalue weighted by Crippen LogP contribution is -2.35. The van der Waals surface area contributed by atoms with Crippen LogP contribution in [0, 0.1) is 0 Å². The van der Waals surface area contributed by atoms with Crippen LogP contribution in [0.15, 0.2) is 60.8 Å². The smallest absolute Gasteiger partial charge is 0.119 e. The SMILES string of the molecule is COc1cccc(C2c3[nH]c4ccccc4c3CCN2Cc2ccn[nH]2)c1. The zero-order chi connectivity index (χ0) is 18.2. The van der Waals surface area contributed by atoms with Crippen molar-refractivity contribution in [1.82, 2.24) is 20.1 Å². The van der Waals surface area contributed by atoms with Crippen LogP contribution in [0.25, 0.3) is 10.9 Å². The molecule has 2 aromatic carbocycles. The molecule has 0 fully saturated rings. The van der Waals surface area contributed by atoms with E-state index in [2.05, 4.69) is 62.5 Å². The van der Waals surface area contributed by atoms with Crippen LogP contribution in [-0.2, 0) is 13.0 Å². The quantitative estimate of drug-likeness (QED) is 0.579. The second-order valence-corrected chi connectivity index (χ2v) is 7.04. The van der Waals surface area contributed by atoms with Crippen LogP contribution in [0.2, 0.25) is 0 Å². The van der Waals surface area contributed by atoms with E-state index < -0.39 is 0 Å². The summed E-state index contributed by atoms with van der Waals surface area (Å²) in [6.07, 6.45) is 2.85. The maximum Gasteiger partial charge on any atom is 0.119 e. The van der Waals surface area contributed by atoms with Crippen molar-refractivity contribution in [3.05, 3.63) is 83.3 Å². The Morgan fingerprint density at radius 1 is 1.15 bits per heavy atom. The molecule has 1 aliphatic heterocycles. The largest absolute Gasteiger partial charge is 0.497 e. The zero-order valence-electron chi connectivity index (χ0n) is 15.3. The minimum atomic E-state index is 0.152. The fraction of sp³-hybridized carbons (Fsp3) is 0.227. The van der Waals surface area contributed by atoms with E-state index >= 15 is 0 Å². The van der Waals surface area contributed by atoms with Crippen molar-refractivity contribution in [2.24, 2.45) is 0 Å². The molecule has 1 unspecified atom stereocenters. The van der Waals surface area contributed by atoms with E-state index in [-0.39, 0.29) is 6.04 Å². The number of hydrogen-bond donors (Lipinski definition) is 2. The number of benzene rings is 2. The van der Waals surface area contributed by atoms with Gasteiger partial charge in [0.05, 0.1) is 13.2 Å². The van der Waals surface area contributed by atoms with Crippen LogP contribution in [0.1, 0.15) is 28.6 Å². The first-order chi connectivity index (χ1) is 13.3. The first kappa shape index (κ1) is 16.1. The van der Waals surface area contributed by atoms with E-state index in [1.54, 1.807) is 7.11 Å². The summed E-state index contributed by atoms with van der Waals surface area (Å²) in [5.41, 5.74) is 6.29. The standard InChI is InChI=1S/C22H22N4O/c1-27-17-6-4-5-15(13-17)22-21-19(18-7-2-3-8-20(18)24-21)10-12-26(22)14-16-9-11-23-25-16/h2-9,11,13,22,24H,10,12,14H2,1H3,(H,23,25). The Kier molecular flexibility index (Phi) is 3.94. The summed E-state index contributed by atoms with van der Waals surface area (Å²) in [6.45, 7) is 1.83. The second kappa shape index (κ2) is 6.59. The third-order valence-corrected chi connectivity index (χ3v) is 5.48. The number of ether oxygens (including phenoxy) is 1. The Labute approximate surface area is 158 Å². The molecule has 0 saturated heterocycles. The highest BCUT2D eigenvalue weighted by Crippen LogP contribution is 2.39. The van der Waals surface area contributed by atoms with Gasteiger partial charge >= 0.3 is 0 Å². The second-order valence-electron chi connectivity index (χ2n) is 7.04. The summed E-state index contributed by atoms with van der Waals surface area (Å²) in [6, 6.07) is 19.2. The van der Waals surface area contributed by atoms with Gasteiger partial charge in [-0.05, 0) is 41.8 Å². The number of H-pyrrole nitrogens is 2. The van der Waals surface area contributed by atoms with Crippen molar-refractivity contribution in [3.63, 3.8) is 0 Å². The third-order valence-electron chi connectivity index (χ3n) is 5.48. The van der Waals surface area contributed by atoms with Gasteiger partial charge in [-0.3, -0.25) is 10.00 Å². The number of rotatable bonds is 4. The van der Waals surface area contributed by atoms with E-state index in [1.807, 2.05) is 18.3 Å². The van der Waals surface area contributed by atoms with Gasteiger partial charge in [0.15, 0.2) is 0 Å². The topological polar surface area (TPSA) is 56.9 Å². The summed E-state index contributed by atoms with van der Waals surface area (Å²) >= 11 is 0. The van der Waals surface area contributed by atoms with E-state index in [0.29, 0.717) is 0 Å². The molecule has 27 heavy (non-hydrogen) atoms. The Balaban J connectivity index is 1.64. The summed E-state index contributed by atoms with van der Waals surface area (Å²) < 4.78 is 5.49. The van der Waals surface area contributed by atoms with Gasteiger partial charge in [-0.15, -0.1) is 0 Å². The molecule has 5 rings (SSSR count). The van der Waals surface area contributed by atoms with Crippen molar-refractivity contribution >= 4 is 10.9 Å². The van der Waals surface area contributed by atoms with Gasteiger partial charge in [0, 0.05) is 41.6 Å². The highest BCUT2D eigenvalue weighted by atomic mass is 16.5. The molecule has 136 valence electrons. The van der Waals surface area contributed by atoms with E-state index in [1.165, 1.54) is 27.7 Å². The number of para-hydroxylation sites is 1. The van der Waals surface area contributed by atoms with Crippen molar-refractivity contribution in [2.45, 2.75) is 19.0 Å². The molecule has 1 atom stereocenters. The Morgan fingerprint density at radius 2 is 2.07 bits per heavy atom. The van der Waals surface area contributed by atoms with E-state index in [4.69, 9.17) is 4.74 Å². The number of hydrogen-bond acceptors (Lipinski definition) is 3. The fourth-order valence-electron chi connectivity index (χ4n) is 4.24. The van der Waals surface area contributed by atoms with Crippen molar-refractivity contribution < 1.29 is 4.74 Å². The number of nitrogens with zero attached hydrogens (tertiary/aromatic N) is 2. The van der Waals surface area contributed by atoms with Gasteiger partial charge in [0.25, 0.3) is 0 Å². The molecule has 0 spiro atoms. The fourth-order valence-corrected chi connectivity index (χ4v) is 4.24. The maximum atomic E-state index is 5.49. The molecule has 5 heteroatoms. The lowest BCUT2D eigenvalue weighted by Gasteiger charge is -2.36. The highest BCUT2D eigenvalue weighted by molar-refractivity contribution is 5.85. The molecule has 3 heterocycles. The van der Waals surface area contributed by atoms with Gasteiger partial charge < -0.3 is 9.72 Å². The maximum absolute atomic E-state index is 5.49. The molecule has 2 N–H and O–H groups in total. The van der Waals surface area contributed by atoms with Gasteiger partial charge in [-0.2, -0.15) is 5.10 Å². The number of methoxy groups -OCH3 is 1. The number of nitrogens with one attached hydrogen (secondary N) is 2. The summed E-state index contributed by atoms with van der Waals surface area (Å²) in [5.74, 6) is 0.886. The van der Waals surface area contributed by atoms with Crippen LogP contribution in [-0.4, -0.2) is 33.7 Å². The molecule has 0 saturated carbocycles. The number of aromatic amines is 2. The average molecular weight is 358 g/mol. The van der Waals surface area contributed by atoms with Crippen molar-refractivity contribution in [3.8, 4) is 5.75 Å². The molecule has 0 aliphatic carbocycles. The lowest BCUT2D eigenvalue weighted by atomic mass is 9.92. The molecule has 1 aliphatic rings. The predicted octanol–water partition coefficient (Wildman–Crippen LogP) is 4.05. The molecule has 2 aromatic heterocycles. The van der Waals surface area contributed by atoms with Crippen LogP contribution in [0.5, 0.6) is 5.75 Å². The molecular formula is C22H22N4O. The molecule has 5 nitrogen and oxygen atoms in total. The zero-order valence-corrected chi connectivity index (χ0v) is 15.3. The van der Waals surface area contributed by atoms with Gasteiger partial charge in [-0.25, -0.2) is 0 Å². The molecule has 0 radical (unpaired) electrons. The molecular weight excluding hydrogens is 336 g/mol. The molecule has 4 aromatic rings. The minimum absolute atomic E-state index is 0.152. The lowest BCUT2D eigenvalue weighted by molar-refractivity contribution is 0.199. The van der Waals surface area contributed by atoms with E-state index in [0.717, 1.165) is 31.0 Å². The van der Waals surface area contributed by atoms with Crippen LogP contribution in [0.4, 0.5) is 0 Å². The van der Waals surface area contributed by atoms with Gasteiger partial charge in [-0.1, -0.05) is 30.3 Å². The monoisotopic (exact) mass is 358 g/mol. The Morgan fingerprint density at radius 3 is 2.93 bits per heavy atom. The minimum Gasteiger partial charge on any atom is -0.497 e. The predicted molar refractivity (Wildman–Crippen MR) is 106 cm³/mol. The normalized spacial score (nSPS) is 17.1. The molecule has 0 amide bonds. The van der Waals surface area contributed by atoms with Gasteiger partial charge in [0.1, 0.15) is 5.75 Å². The van der Waals surface area contributed by atoms with Gasteiger partial charge in [0.2, 0.25) is 0 Å². The summed E-state index contributed by atoms with van der Waals surface area (Å²) in [7, 11) is 1.72.